The normalized spacial score (nSPS) is 21.9. The number of nitrogens with zero attached hydrogens (tertiary/aromatic N) is 3. The fraction of sp³-hybridized carbons (Fsp3) is 0.560. The molecular formula is C25H34N4O3. The van der Waals surface area contributed by atoms with Crippen LogP contribution in [0.25, 0.3) is 0 Å². The van der Waals surface area contributed by atoms with E-state index in [0.29, 0.717) is 23.7 Å². The average Bonchev–Trinajstić information content (AvgIpc) is 3.04. The van der Waals surface area contributed by atoms with E-state index in [1.807, 2.05) is 37.3 Å². The van der Waals surface area contributed by atoms with Gasteiger partial charge in [0.15, 0.2) is 0 Å². The van der Waals surface area contributed by atoms with Crippen LogP contribution in [0.2, 0.25) is 0 Å². The van der Waals surface area contributed by atoms with Crippen LogP contribution in [0.3, 0.4) is 0 Å². The Morgan fingerprint density at radius 1 is 1.16 bits per heavy atom. The Morgan fingerprint density at radius 2 is 1.81 bits per heavy atom. The molecule has 0 radical (unpaired) electrons. The summed E-state index contributed by atoms with van der Waals surface area (Å²) >= 11 is 0. The summed E-state index contributed by atoms with van der Waals surface area (Å²) in [5, 5.41) is 7.94. The van der Waals surface area contributed by atoms with Gasteiger partial charge >= 0.3 is 0 Å². The van der Waals surface area contributed by atoms with Gasteiger partial charge in [0.2, 0.25) is 5.91 Å². The predicted molar refractivity (Wildman–Crippen MR) is 124 cm³/mol. The smallest absolute Gasteiger partial charge is 0.277 e. The van der Waals surface area contributed by atoms with E-state index in [2.05, 4.69) is 24.3 Å². The Balaban J connectivity index is 1.72. The molecule has 172 valence electrons. The van der Waals surface area contributed by atoms with Crippen molar-refractivity contribution in [1.82, 2.24) is 15.1 Å². The minimum atomic E-state index is -1.09. The highest BCUT2D eigenvalue weighted by atomic mass is 16.5. The fourth-order valence-electron chi connectivity index (χ4n) is 4.78. The SMILES string of the molecule is COc1ccc(N2C(=O)c3cc(C(C)C)nn3CC2(C)C(=O)NC2CCCCCC2)cc1. The van der Waals surface area contributed by atoms with Gasteiger partial charge in [-0.1, -0.05) is 39.5 Å². The summed E-state index contributed by atoms with van der Waals surface area (Å²) in [6.07, 6.45) is 6.67. The number of methoxy groups -OCH3 is 1. The molecule has 2 aliphatic rings. The molecular weight excluding hydrogens is 404 g/mol. The van der Waals surface area contributed by atoms with Crippen molar-refractivity contribution in [2.45, 2.75) is 83.3 Å². The van der Waals surface area contributed by atoms with E-state index < -0.39 is 5.54 Å². The molecule has 1 fully saturated rings. The first-order chi connectivity index (χ1) is 15.3. The van der Waals surface area contributed by atoms with Crippen molar-refractivity contribution in [2.24, 2.45) is 0 Å². The van der Waals surface area contributed by atoms with Gasteiger partial charge in [-0.2, -0.15) is 5.10 Å². The van der Waals surface area contributed by atoms with Crippen LogP contribution >= 0.6 is 0 Å². The summed E-state index contributed by atoms with van der Waals surface area (Å²) < 4.78 is 7.00. The second kappa shape index (κ2) is 8.96. The van der Waals surface area contributed by atoms with Crippen molar-refractivity contribution in [3.8, 4) is 5.75 Å². The van der Waals surface area contributed by atoms with Crippen LogP contribution in [-0.4, -0.2) is 40.3 Å². The van der Waals surface area contributed by atoms with Crippen LogP contribution < -0.4 is 15.0 Å². The van der Waals surface area contributed by atoms with Crippen LogP contribution in [-0.2, 0) is 11.3 Å². The molecule has 0 bridgehead atoms. The van der Waals surface area contributed by atoms with Crippen LogP contribution in [0.15, 0.2) is 30.3 Å². The summed E-state index contributed by atoms with van der Waals surface area (Å²) in [4.78, 5) is 29.1. The van der Waals surface area contributed by atoms with Crippen molar-refractivity contribution in [3.05, 3.63) is 41.7 Å². The van der Waals surface area contributed by atoms with Crippen molar-refractivity contribution in [3.63, 3.8) is 0 Å². The Kier molecular flexibility index (Phi) is 6.26. The molecule has 32 heavy (non-hydrogen) atoms. The first-order valence-electron chi connectivity index (χ1n) is 11.7. The number of aromatic nitrogens is 2. The molecule has 1 aliphatic heterocycles. The van der Waals surface area contributed by atoms with Gasteiger partial charge in [-0.25, -0.2) is 0 Å². The number of carbonyl (C=O) groups excluding carboxylic acids is 2. The third kappa shape index (κ3) is 4.12. The lowest BCUT2D eigenvalue weighted by Gasteiger charge is -2.43. The number of amides is 2. The molecule has 0 saturated heterocycles. The summed E-state index contributed by atoms with van der Waals surface area (Å²) in [6.45, 7) is 6.27. The Hall–Kier alpha value is -2.83. The Labute approximate surface area is 190 Å². The number of hydrogen-bond donors (Lipinski definition) is 1. The largest absolute Gasteiger partial charge is 0.497 e. The Bertz CT molecular complexity index is 974. The third-order valence-corrected chi connectivity index (χ3v) is 6.77. The van der Waals surface area contributed by atoms with E-state index in [1.54, 1.807) is 16.7 Å². The summed E-state index contributed by atoms with van der Waals surface area (Å²) in [5.74, 6) is 0.566. The van der Waals surface area contributed by atoms with E-state index in [9.17, 15) is 9.59 Å². The van der Waals surface area contributed by atoms with Gasteiger partial charge in [-0.15, -0.1) is 0 Å². The number of rotatable bonds is 5. The minimum Gasteiger partial charge on any atom is -0.497 e. The van der Waals surface area contributed by atoms with E-state index in [-0.39, 0.29) is 23.8 Å². The van der Waals surface area contributed by atoms with E-state index in [1.165, 1.54) is 12.8 Å². The average molecular weight is 439 g/mol. The molecule has 2 amide bonds. The quantitative estimate of drug-likeness (QED) is 0.707. The van der Waals surface area contributed by atoms with Gasteiger partial charge in [0.25, 0.3) is 5.91 Å². The van der Waals surface area contributed by atoms with Gasteiger partial charge in [0, 0.05) is 11.7 Å². The van der Waals surface area contributed by atoms with E-state index >= 15 is 0 Å². The van der Waals surface area contributed by atoms with E-state index in [4.69, 9.17) is 4.74 Å². The number of ether oxygens (including phenoxy) is 1. The maximum Gasteiger partial charge on any atom is 0.277 e. The lowest BCUT2D eigenvalue weighted by atomic mass is 9.93. The number of nitrogens with one attached hydrogen (secondary N) is 1. The third-order valence-electron chi connectivity index (χ3n) is 6.77. The molecule has 1 N–H and O–H groups in total. The van der Waals surface area contributed by atoms with Crippen LogP contribution in [0.1, 0.15) is 81.4 Å². The zero-order valence-corrected chi connectivity index (χ0v) is 19.6. The van der Waals surface area contributed by atoms with Crippen molar-refractivity contribution >= 4 is 17.5 Å². The van der Waals surface area contributed by atoms with Gasteiger partial charge in [-0.05, 0) is 56.0 Å². The second-order valence-electron chi connectivity index (χ2n) is 9.54. The highest BCUT2D eigenvalue weighted by Gasteiger charge is 2.49. The zero-order chi connectivity index (χ0) is 22.9. The lowest BCUT2D eigenvalue weighted by molar-refractivity contribution is -0.127. The van der Waals surface area contributed by atoms with Crippen molar-refractivity contribution in [1.29, 1.82) is 0 Å². The number of benzene rings is 1. The van der Waals surface area contributed by atoms with Gasteiger partial charge < -0.3 is 10.1 Å². The van der Waals surface area contributed by atoms with Gasteiger partial charge in [0.1, 0.15) is 17.0 Å². The molecule has 1 aromatic heterocycles. The van der Waals surface area contributed by atoms with Crippen LogP contribution in [0.5, 0.6) is 5.75 Å². The van der Waals surface area contributed by atoms with Crippen LogP contribution in [0, 0.1) is 0 Å². The molecule has 4 rings (SSSR count). The highest BCUT2D eigenvalue weighted by molar-refractivity contribution is 6.11. The first-order valence-corrected chi connectivity index (χ1v) is 11.7. The first kappa shape index (κ1) is 22.4. The second-order valence-corrected chi connectivity index (χ2v) is 9.54. The van der Waals surface area contributed by atoms with Crippen molar-refractivity contribution < 1.29 is 14.3 Å². The fourth-order valence-corrected chi connectivity index (χ4v) is 4.78. The monoisotopic (exact) mass is 438 g/mol. The maximum atomic E-state index is 13.7. The number of fused-ring (bicyclic) bond motifs is 1. The van der Waals surface area contributed by atoms with Crippen LogP contribution in [0.4, 0.5) is 5.69 Å². The molecule has 2 heterocycles. The van der Waals surface area contributed by atoms with E-state index in [0.717, 1.165) is 31.4 Å². The standard InChI is InChI=1S/C25H34N4O3/c1-17(2)21-15-22-23(30)29(19-11-13-20(32-4)14-12-19)25(3,16-28(22)27-21)24(31)26-18-9-7-5-6-8-10-18/h11-15,17-18H,5-10,16H2,1-4H3,(H,26,31). The molecule has 7 heteroatoms. The maximum absolute atomic E-state index is 13.7. The van der Waals surface area contributed by atoms with Crippen molar-refractivity contribution in [2.75, 3.05) is 12.0 Å². The molecule has 0 spiro atoms. The van der Waals surface area contributed by atoms with Gasteiger partial charge in [0.05, 0.1) is 19.3 Å². The predicted octanol–water partition coefficient (Wildman–Crippen LogP) is 4.27. The number of carbonyl (C=O) groups is 2. The molecule has 7 nitrogen and oxygen atoms in total. The minimum absolute atomic E-state index is 0.124. The zero-order valence-electron chi connectivity index (χ0n) is 19.6. The van der Waals surface area contributed by atoms with Gasteiger partial charge in [-0.3, -0.25) is 19.2 Å². The molecule has 2 aromatic rings. The summed E-state index contributed by atoms with van der Waals surface area (Å²) in [7, 11) is 1.61. The topological polar surface area (TPSA) is 76.5 Å². The number of anilines is 1. The number of hydrogen-bond acceptors (Lipinski definition) is 4. The molecule has 1 saturated carbocycles. The summed E-state index contributed by atoms with van der Waals surface area (Å²) in [6, 6.07) is 9.31. The molecule has 1 aromatic carbocycles. The molecule has 1 aliphatic carbocycles. The molecule has 1 unspecified atom stereocenters. The summed E-state index contributed by atoms with van der Waals surface area (Å²) in [5.41, 5.74) is 0.958. The molecule has 1 atom stereocenters. The highest BCUT2D eigenvalue weighted by Crippen LogP contribution is 2.34. The Morgan fingerprint density at radius 3 is 2.41 bits per heavy atom. The lowest BCUT2D eigenvalue weighted by Crippen LogP contribution is -2.65.